The summed E-state index contributed by atoms with van der Waals surface area (Å²) in [5.41, 5.74) is 2.55. The smallest absolute Gasteiger partial charge is 0.344 e. The van der Waals surface area contributed by atoms with Crippen LogP contribution in [0.1, 0.15) is 42.3 Å². The summed E-state index contributed by atoms with van der Waals surface area (Å²) in [4.78, 5) is 24.9. The number of aromatic nitrogens is 1. The van der Waals surface area contributed by atoms with Crippen molar-refractivity contribution < 1.29 is 23.8 Å². The molecule has 1 aromatic heterocycles. The van der Waals surface area contributed by atoms with Gasteiger partial charge in [0.1, 0.15) is 17.1 Å². The molecule has 4 rings (SSSR count). The average molecular weight is 419 g/mol. The summed E-state index contributed by atoms with van der Waals surface area (Å²) < 4.78 is 18.9. The molecule has 0 saturated heterocycles. The first-order valence-electron chi connectivity index (χ1n) is 10.1. The maximum absolute atomic E-state index is 12.9. The van der Waals surface area contributed by atoms with Crippen LogP contribution in [0.4, 0.5) is 0 Å². The van der Waals surface area contributed by atoms with E-state index in [9.17, 15) is 9.59 Å². The van der Waals surface area contributed by atoms with Crippen molar-refractivity contribution in [2.45, 2.75) is 33.3 Å². The maximum atomic E-state index is 12.9. The van der Waals surface area contributed by atoms with Crippen molar-refractivity contribution in [1.29, 1.82) is 0 Å². The number of aryl methyl sites for hydroxylation is 1. The van der Waals surface area contributed by atoms with E-state index in [1.54, 1.807) is 45.9 Å². The highest BCUT2D eigenvalue weighted by Crippen LogP contribution is 2.39. The Bertz CT molecular complexity index is 1230. The molecule has 1 aliphatic heterocycles. The monoisotopic (exact) mass is 419 g/mol. The number of Topliss-reactive ketones (excluding diaryl/α,β-unsaturated/α-hetero) is 1. The number of allylic oxidation sites excluding steroid dienone is 1. The highest BCUT2D eigenvalue weighted by molar-refractivity contribution is 6.15. The van der Waals surface area contributed by atoms with E-state index in [2.05, 4.69) is 0 Å². The molecule has 6 heteroatoms. The van der Waals surface area contributed by atoms with Crippen LogP contribution < -0.4 is 9.47 Å². The number of rotatable bonds is 4. The van der Waals surface area contributed by atoms with E-state index in [0.29, 0.717) is 22.6 Å². The molecule has 0 radical (unpaired) electrons. The van der Waals surface area contributed by atoms with Crippen LogP contribution in [0.2, 0.25) is 0 Å². The number of fused-ring (bicyclic) bond motifs is 2. The van der Waals surface area contributed by atoms with Crippen molar-refractivity contribution in [3.05, 3.63) is 65.0 Å². The molecule has 0 fully saturated rings. The fraction of sp³-hybridized carbons (Fsp3) is 0.280. The van der Waals surface area contributed by atoms with E-state index < -0.39 is 11.6 Å². The molecule has 6 nitrogen and oxygen atoms in total. The summed E-state index contributed by atoms with van der Waals surface area (Å²) in [5, 5.41) is 1.04. The Hall–Kier alpha value is -3.54. The number of benzene rings is 2. The Morgan fingerprint density at radius 3 is 2.65 bits per heavy atom. The van der Waals surface area contributed by atoms with E-state index in [1.807, 2.05) is 42.1 Å². The van der Waals surface area contributed by atoms with Crippen LogP contribution in [0, 0.1) is 6.92 Å². The van der Waals surface area contributed by atoms with Crippen LogP contribution in [0.15, 0.2) is 48.4 Å². The van der Waals surface area contributed by atoms with Crippen molar-refractivity contribution in [1.82, 2.24) is 4.57 Å². The first kappa shape index (κ1) is 20.7. The van der Waals surface area contributed by atoms with Crippen LogP contribution in [-0.2, 0) is 16.6 Å². The minimum absolute atomic E-state index is 0.176. The van der Waals surface area contributed by atoms with Crippen molar-refractivity contribution >= 4 is 28.7 Å². The van der Waals surface area contributed by atoms with Gasteiger partial charge in [0, 0.05) is 35.3 Å². The van der Waals surface area contributed by atoms with Gasteiger partial charge in [0.05, 0.1) is 5.56 Å². The van der Waals surface area contributed by atoms with E-state index in [4.69, 9.17) is 14.2 Å². The first-order chi connectivity index (χ1) is 14.6. The van der Waals surface area contributed by atoms with Gasteiger partial charge < -0.3 is 18.8 Å². The van der Waals surface area contributed by atoms with Crippen LogP contribution in [0.25, 0.3) is 17.0 Å². The van der Waals surface area contributed by atoms with Gasteiger partial charge in [-0.15, -0.1) is 0 Å². The Balaban J connectivity index is 1.58. The molecule has 0 atom stereocenters. The van der Waals surface area contributed by atoms with Gasteiger partial charge in [-0.05, 0) is 52.0 Å². The quantitative estimate of drug-likeness (QED) is 0.448. The molecule has 2 heterocycles. The van der Waals surface area contributed by atoms with E-state index in [1.165, 1.54) is 0 Å². The third kappa shape index (κ3) is 4.06. The lowest BCUT2D eigenvalue weighted by atomic mass is 10.1. The van der Waals surface area contributed by atoms with Gasteiger partial charge in [-0.1, -0.05) is 18.2 Å². The van der Waals surface area contributed by atoms with Gasteiger partial charge in [-0.25, -0.2) is 4.79 Å². The van der Waals surface area contributed by atoms with Crippen molar-refractivity contribution in [2.75, 3.05) is 6.61 Å². The van der Waals surface area contributed by atoms with Crippen LogP contribution >= 0.6 is 0 Å². The third-order valence-corrected chi connectivity index (χ3v) is 5.02. The summed E-state index contributed by atoms with van der Waals surface area (Å²) in [6.45, 7) is 6.99. The Morgan fingerprint density at radius 1 is 1.16 bits per heavy atom. The molecule has 0 aliphatic carbocycles. The third-order valence-electron chi connectivity index (χ3n) is 5.02. The minimum Gasteiger partial charge on any atom is -0.481 e. The number of hydrogen-bond donors (Lipinski definition) is 0. The predicted octanol–water partition coefficient (Wildman–Crippen LogP) is 4.82. The summed E-state index contributed by atoms with van der Waals surface area (Å²) in [5.74, 6) is 0.561. The largest absolute Gasteiger partial charge is 0.481 e. The van der Waals surface area contributed by atoms with E-state index >= 15 is 0 Å². The summed E-state index contributed by atoms with van der Waals surface area (Å²) in [6.07, 6.45) is 3.74. The zero-order chi connectivity index (χ0) is 22.3. The van der Waals surface area contributed by atoms with Gasteiger partial charge in [0.15, 0.2) is 12.4 Å². The molecular formula is C25H25NO5. The number of carbonyl (C=O) groups is 2. The number of ether oxygens (including phenoxy) is 3. The molecule has 0 amide bonds. The number of hydrogen-bond acceptors (Lipinski definition) is 5. The van der Waals surface area contributed by atoms with Crippen molar-refractivity contribution in [3.63, 3.8) is 0 Å². The highest BCUT2D eigenvalue weighted by Gasteiger charge is 2.30. The molecule has 160 valence electrons. The fourth-order valence-corrected chi connectivity index (χ4v) is 3.66. The molecule has 3 aromatic rings. The molecular weight excluding hydrogens is 394 g/mol. The molecule has 31 heavy (non-hydrogen) atoms. The predicted molar refractivity (Wildman–Crippen MR) is 118 cm³/mol. The van der Waals surface area contributed by atoms with Gasteiger partial charge >= 0.3 is 5.97 Å². The average Bonchev–Trinajstić information content (AvgIpc) is 3.18. The van der Waals surface area contributed by atoms with Crippen LogP contribution in [0.5, 0.6) is 11.5 Å². The van der Waals surface area contributed by atoms with Gasteiger partial charge in [0.2, 0.25) is 5.78 Å². The van der Waals surface area contributed by atoms with Gasteiger partial charge in [0.25, 0.3) is 0 Å². The van der Waals surface area contributed by atoms with Gasteiger partial charge in [-0.2, -0.15) is 0 Å². The zero-order valence-corrected chi connectivity index (χ0v) is 18.3. The van der Waals surface area contributed by atoms with Crippen molar-refractivity contribution in [2.24, 2.45) is 7.05 Å². The molecule has 0 saturated carbocycles. The number of ketones is 1. The van der Waals surface area contributed by atoms with Gasteiger partial charge in [-0.3, -0.25) is 4.79 Å². The second-order valence-electron chi connectivity index (χ2n) is 8.59. The number of nitrogens with zero attached hydrogens (tertiary/aromatic N) is 1. The van der Waals surface area contributed by atoms with Crippen molar-refractivity contribution in [3.8, 4) is 11.5 Å². The Labute approximate surface area is 181 Å². The molecule has 2 aromatic carbocycles. The zero-order valence-electron chi connectivity index (χ0n) is 18.3. The maximum Gasteiger partial charge on any atom is 0.344 e. The SMILES string of the molecule is Cc1c(OCC(=O)OC(C)(C)C)ccc2c1O/C(=C\c1cn(C)c3ccccc13)C2=O. The lowest BCUT2D eigenvalue weighted by Gasteiger charge is -2.19. The second-order valence-corrected chi connectivity index (χ2v) is 8.59. The second kappa shape index (κ2) is 7.61. The molecule has 1 aliphatic rings. The topological polar surface area (TPSA) is 66.8 Å². The van der Waals surface area contributed by atoms with Crippen LogP contribution in [0.3, 0.4) is 0 Å². The number of esters is 1. The van der Waals surface area contributed by atoms with E-state index in [-0.39, 0.29) is 18.1 Å². The summed E-state index contributed by atoms with van der Waals surface area (Å²) in [7, 11) is 1.97. The molecule has 0 bridgehead atoms. The summed E-state index contributed by atoms with van der Waals surface area (Å²) >= 11 is 0. The lowest BCUT2D eigenvalue weighted by molar-refractivity contribution is -0.157. The fourth-order valence-electron chi connectivity index (χ4n) is 3.66. The molecule has 0 spiro atoms. The molecule has 0 N–H and O–H groups in total. The Morgan fingerprint density at radius 2 is 1.90 bits per heavy atom. The molecule has 0 unspecified atom stereocenters. The first-order valence-corrected chi connectivity index (χ1v) is 10.1. The normalized spacial score (nSPS) is 14.6. The standard InChI is InChI=1S/C25H25NO5/c1-15-20(29-14-22(27)31-25(2,3)4)11-10-18-23(28)21(30-24(15)18)12-16-13-26(5)19-9-7-6-8-17(16)19/h6-13H,14H2,1-5H3/b21-12-. The highest BCUT2D eigenvalue weighted by atomic mass is 16.6. The number of para-hydroxylation sites is 1. The number of carbonyl (C=O) groups excluding carboxylic acids is 2. The lowest BCUT2D eigenvalue weighted by Crippen LogP contribution is -2.27. The minimum atomic E-state index is -0.579. The van der Waals surface area contributed by atoms with Crippen LogP contribution in [-0.4, -0.2) is 28.5 Å². The van der Waals surface area contributed by atoms with E-state index in [0.717, 1.165) is 16.5 Å². The Kier molecular flexibility index (Phi) is 5.09. The summed E-state index contributed by atoms with van der Waals surface area (Å²) in [6, 6.07) is 11.3.